The first kappa shape index (κ1) is 13.2. The van der Waals surface area contributed by atoms with Crippen molar-refractivity contribution in [3.63, 3.8) is 0 Å². The molecule has 0 saturated carbocycles. The molecule has 0 amide bonds. The van der Waals surface area contributed by atoms with Crippen molar-refractivity contribution in [1.29, 1.82) is 0 Å². The van der Waals surface area contributed by atoms with Gasteiger partial charge in [0, 0.05) is 12.6 Å². The summed E-state index contributed by atoms with van der Waals surface area (Å²) < 4.78 is 0. The van der Waals surface area contributed by atoms with Gasteiger partial charge in [-0.15, -0.1) is 0 Å². The van der Waals surface area contributed by atoms with E-state index in [-0.39, 0.29) is 12.6 Å². The third kappa shape index (κ3) is 3.93. The molecule has 0 aliphatic rings. The molecule has 1 unspecified atom stereocenters. The quantitative estimate of drug-likeness (QED) is 0.680. The third-order valence-corrected chi connectivity index (χ3v) is 2.76. The van der Waals surface area contributed by atoms with E-state index >= 15 is 0 Å². The number of aliphatic hydroxyl groups is 2. The molecule has 0 saturated heterocycles. The Kier molecular flexibility index (Phi) is 5.46. The van der Waals surface area contributed by atoms with Crippen LogP contribution in [0, 0.1) is 0 Å². The molecule has 0 aliphatic heterocycles. The summed E-state index contributed by atoms with van der Waals surface area (Å²) in [5.74, 6) is 0. The molecule has 3 N–H and O–H groups in total. The highest BCUT2D eigenvalue weighted by molar-refractivity contribution is 5.24. The molecule has 1 aromatic carbocycles. The summed E-state index contributed by atoms with van der Waals surface area (Å²) in [5.41, 5.74) is 2.52. The summed E-state index contributed by atoms with van der Waals surface area (Å²) in [6.45, 7) is 4.39. The van der Waals surface area contributed by atoms with E-state index in [0.29, 0.717) is 6.54 Å². The molecule has 0 bridgehead atoms. The molecule has 0 aromatic heterocycles. The van der Waals surface area contributed by atoms with E-state index in [2.05, 4.69) is 36.5 Å². The van der Waals surface area contributed by atoms with Crippen molar-refractivity contribution in [2.24, 2.45) is 0 Å². The molecule has 1 rings (SSSR count). The predicted molar refractivity (Wildman–Crippen MR) is 65.3 cm³/mol. The molecule has 2 atom stereocenters. The van der Waals surface area contributed by atoms with E-state index in [1.165, 1.54) is 11.1 Å². The lowest BCUT2D eigenvalue weighted by Gasteiger charge is -2.16. The van der Waals surface area contributed by atoms with Crippen molar-refractivity contribution in [2.45, 2.75) is 32.4 Å². The van der Waals surface area contributed by atoms with E-state index in [0.717, 1.165) is 6.42 Å². The van der Waals surface area contributed by atoms with Gasteiger partial charge in [-0.3, -0.25) is 0 Å². The Morgan fingerprint density at radius 3 is 2.38 bits per heavy atom. The van der Waals surface area contributed by atoms with Crippen LogP contribution in [0.3, 0.4) is 0 Å². The van der Waals surface area contributed by atoms with Crippen molar-refractivity contribution in [2.75, 3.05) is 13.2 Å². The Hall–Kier alpha value is -0.900. The van der Waals surface area contributed by atoms with Gasteiger partial charge >= 0.3 is 0 Å². The minimum Gasteiger partial charge on any atom is -0.394 e. The minimum absolute atomic E-state index is 0.187. The monoisotopic (exact) mass is 223 g/mol. The zero-order valence-electron chi connectivity index (χ0n) is 9.98. The molecule has 3 heteroatoms. The predicted octanol–water partition coefficient (Wildman–Crippen LogP) is 1.25. The molecule has 0 spiro atoms. The van der Waals surface area contributed by atoms with E-state index in [1.807, 2.05) is 6.92 Å². The van der Waals surface area contributed by atoms with Crippen molar-refractivity contribution in [3.8, 4) is 0 Å². The highest BCUT2D eigenvalue weighted by Gasteiger charge is 2.07. The Morgan fingerprint density at radius 2 is 1.88 bits per heavy atom. The second-order valence-electron chi connectivity index (χ2n) is 4.06. The number of nitrogens with one attached hydrogen (secondary N) is 1. The second-order valence-corrected chi connectivity index (χ2v) is 4.06. The normalized spacial score (nSPS) is 14.8. The molecule has 16 heavy (non-hydrogen) atoms. The number of rotatable bonds is 6. The highest BCUT2D eigenvalue weighted by atomic mass is 16.3. The summed E-state index contributed by atoms with van der Waals surface area (Å²) in [7, 11) is 0. The average molecular weight is 223 g/mol. The smallest absolute Gasteiger partial charge is 0.0895 e. The van der Waals surface area contributed by atoms with Gasteiger partial charge in [-0.25, -0.2) is 0 Å². The molecule has 0 aliphatic carbocycles. The third-order valence-electron chi connectivity index (χ3n) is 2.76. The molecule has 0 fully saturated rings. The molecular formula is C13H21NO2. The van der Waals surface area contributed by atoms with Gasteiger partial charge < -0.3 is 15.5 Å². The lowest BCUT2D eigenvalue weighted by Crippen LogP contribution is -2.31. The number of hydrogen-bond acceptors (Lipinski definition) is 3. The van der Waals surface area contributed by atoms with Crippen LogP contribution in [-0.4, -0.2) is 29.5 Å². The lowest BCUT2D eigenvalue weighted by atomic mass is 10.0. The van der Waals surface area contributed by atoms with Crippen LogP contribution in [0.1, 0.15) is 31.0 Å². The Labute approximate surface area is 97.1 Å². The fourth-order valence-corrected chi connectivity index (χ4v) is 1.54. The fraction of sp³-hybridized carbons (Fsp3) is 0.538. The van der Waals surface area contributed by atoms with Crippen LogP contribution < -0.4 is 5.32 Å². The van der Waals surface area contributed by atoms with Crippen LogP contribution in [0.15, 0.2) is 24.3 Å². The van der Waals surface area contributed by atoms with E-state index in [9.17, 15) is 5.11 Å². The van der Waals surface area contributed by atoms with Gasteiger partial charge in [-0.2, -0.15) is 0 Å². The second kappa shape index (κ2) is 6.63. The van der Waals surface area contributed by atoms with Gasteiger partial charge in [0.25, 0.3) is 0 Å². The summed E-state index contributed by atoms with van der Waals surface area (Å²) in [6, 6.07) is 8.63. The minimum atomic E-state index is -0.683. The number of aliphatic hydroxyl groups excluding tert-OH is 2. The van der Waals surface area contributed by atoms with Crippen LogP contribution in [0.25, 0.3) is 0 Å². The molecule has 0 radical (unpaired) electrons. The first-order valence-corrected chi connectivity index (χ1v) is 5.78. The van der Waals surface area contributed by atoms with Crippen LogP contribution >= 0.6 is 0 Å². The van der Waals surface area contributed by atoms with E-state index in [1.54, 1.807) is 0 Å². The van der Waals surface area contributed by atoms with Gasteiger partial charge in [-0.1, -0.05) is 31.2 Å². The van der Waals surface area contributed by atoms with Crippen LogP contribution in [-0.2, 0) is 6.42 Å². The summed E-state index contributed by atoms with van der Waals surface area (Å²) >= 11 is 0. The zero-order chi connectivity index (χ0) is 12.0. The first-order chi connectivity index (χ1) is 7.67. The van der Waals surface area contributed by atoms with Crippen LogP contribution in [0.4, 0.5) is 0 Å². The number of benzene rings is 1. The van der Waals surface area contributed by atoms with E-state index < -0.39 is 6.10 Å². The summed E-state index contributed by atoms with van der Waals surface area (Å²) in [6.07, 6.45) is 0.364. The molecule has 1 aromatic rings. The first-order valence-electron chi connectivity index (χ1n) is 5.78. The maximum Gasteiger partial charge on any atom is 0.0895 e. The molecule has 0 heterocycles. The Morgan fingerprint density at radius 1 is 1.25 bits per heavy atom. The largest absolute Gasteiger partial charge is 0.394 e. The van der Waals surface area contributed by atoms with Crippen LogP contribution in [0.5, 0.6) is 0 Å². The summed E-state index contributed by atoms with van der Waals surface area (Å²) in [5, 5.41) is 21.1. The Balaban J connectivity index is 2.49. The zero-order valence-corrected chi connectivity index (χ0v) is 9.98. The molecular weight excluding hydrogens is 202 g/mol. The van der Waals surface area contributed by atoms with E-state index in [4.69, 9.17) is 5.11 Å². The van der Waals surface area contributed by atoms with Gasteiger partial charge in [0.2, 0.25) is 0 Å². The summed E-state index contributed by atoms with van der Waals surface area (Å²) in [4.78, 5) is 0. The van der Waals surface area contributed by atoms with Crippen molar-refractivity contribution in [1.82, 2.24) is 5.32 Å². The Bertz CT molecular complexity index is 297. The highest BCUT2D eigenvalue weighted by Crippen LogP contribution is 2.13. The maximum atomic E-state index is 9.22. The van der Waals surface area contributed by atoms with Crippen molar-refractivity contribution >= 4 is 0 Å². The van der Waals surface area contributed by atoms with Crippen molar-refractivity contribution < 1.29 is 10.2 Å². The lowest BCUT2D eigenvalue weighted by molar-refractivity contribution is 0.0924. The molecule has 90 valence electrons. The van der Waals surface area contributed by atoms with Gasteiger partial charge in [0.05, 0.1) is 12.7 Å². The maximum absolute atomic E-state index is 9.22. The SMILES string of the molecule is CCc1ccc(C(C)NC[C@H](O)CO)cc1. The van der Waals surface area contributed by atoms with Crippen LogP contribution in [0.2, 0.25) is 0 Å². The van der Waals surface area contributed by atoms with Crippen molar-refractivity contribution in [3.05, 3.63) is 35.4 Å². The van der Waals surface area contributed by atoms with Gasteiger partial charge in [-0.05, 0) is 24.5 Å². The fourth-order valence-electron chi connectivity index (χ4n) is 1.54. The topological polar surface area (TPSA) is 52.5 Å². The number of aryl methyl sites for hydroxylation is 1. The molecule has 3 nitrogen and oxygen atoms in total. The average Bonchev–Trinajstić information content (AvgIpc) is 2.35. The van der Waals surface area contributed by atoms with Gasteiger partial charge in [0.1, 0.15) is 0 Å². The van der Waals surface area contributed by atoms with Gasteiger partial charge in [0.15, 0.2) is 0 Å². The standard InChI is InChI=1S/C13H21NO2/c1-3-11-4-6-12(7-5-11)10(2)14-8-13(16)9-15/h4-7,10,13-16H,3,8-9H2,1-2H3/t10?,13-/m0/s1. The number of hydrogen-bond donors (Lipinski definition) is 3.